The van der Waals surface area contributed by atoms with Crippen molar-refractivity contribution in [1.82, 2.24) is 19.4 Å². The second-order valence-electron chi connectivity index (χ2n) is 11.6. The summed E-state index contributed by atoms with van der Waals surface area (Å²) in [4.78, 5) is 22.3. The number of halogens is 6. The van der Waals surface area contributed by atoms with Gasteiger partial charge < -0.3 is 14.2 Å². The van der Waals surface area contributed by atoms with Gasteiger partial charge in [-0.1, -0.05) is 30.3 Å². The van der Waals surface area contributed by atoms with Crippen molar-refractivity contribution >= 4 is 11.7 Å². The zero-order chi connectivity index (χ0) is 31.9. The molecule has 2 atom stereocenters. The fourth-order valence-corrected chi connectivity index (χ4v) is 5.51. The van der Waals surface area contributed by atoms with Crippen LogP contribution in [0.2, 0.25) is 0 Å². The summed E-state index contributed by atoms with van der Waals surface area (Å²) in [6.07, 6.45) is -4.36. The number of aromatic nitrogens is 3. The number of carbonyl (C=O) groups is 1. The Bertz CT molecular complexity index is 1530. The Hall–Kier alpha value is -4.07. The molecule has 0 bridgehead atoms. The van der Waals surface area contributed by atoms with Gasteiger partial charge in [-0.05, 0) is 56.9 Å². The number of benzene rings is 1. The second kappa shape index (κ2) is 11.5. The number of likely N-dealkylation sites (tertiary alicyclic amines) is 1. The Morgan fingerprint density at radius 3 is 2.48 bits per heavy atom. The summed E-state index contributed by atoms with van der Waals surface area (Å²) < 4.78 is 98.1. The van der Waals surface area contributed by atoms with Crippen LogP contribution in [0.1, 0.15) is 56.6 Å². The minimum Gasteiger partial charge on any atom is -0.468 e. The molecule has 0 saturated carbocycles. The van der Waals surface area contributed by atoms with E-state index >= 15 is 0 Å². The SMILES string of the molecule is CC(C)(C)OC(=O)N1CCC[C@@]2(C=C(c3cc(-n4ccnc4C(F)(F)F)cnc3OCC(F)(F)F)CO2)[C@@H]1c1ccccc1. The van der Waals surface area contributed by atoms with Crippen LogP contribution in [0.5, 0.6) is 5.88 Å². The highest BCUT2D eigenvalue weighted by atomic mass is 19.4. The summed E-state index contributed by atoms with van der Waals surface area (Å²) in [5, 5.41) is 0. The van der Waals surface area contributed by atoms with E-state index in [-0.39, 0.29) is 17.9 Å². The number of carbonyl (C=O) groups excluding carboxylic acids is 1. The first-order valence-corrected chi connectivity index (χ1v) is 13.8. The number of imidazole rings is 1. The zero-order valence-electron chi connectivity index (χ0n) is 24.1. The van der Waals surface area contributed by atoms with Gasteiger partial charge in [0.05, 0.1) is 24.5 Å². The van der Waals surface area contributed by atoms with Gasteiger partial charge in [-0.2, -0.15) is 26.3 Å². The quantitative estimate of drug-likeness (QED) is 0.281. The molecular weight excluding hydrogens is 594 g/mol. The normalized spacial score (nSPS) is 21.0. The maximum Gasteiger partial charge on any atom is 0.450 e. The molecule has 1 amide bonds. The van der Waals surface area contributed by atoms with Gasteiger partial charge in [0.2, 0.25) is 11.7 Å². The summed E-state index contributed by atoms with van der Waals surface area (Å²) in [6, 6.07) is 9.69. The second-order valence-corrected chi connectivity index (χ2v) is 11.6. The van der Waals surface area contributed by atoms with Gasteiger partial charge >= 0.3 is 18.4 Å². The smallest absolute Gasteiger partial charge is 0.450 e. The lowest BCUT2D eigenvalue weighted by molar-refractivity contribution is -0.154. The number of rotatable bonds is 5. The van der Waals surface area contributed by atoms with E-state index in [2.05, 4.69) is 9.97 Å². The van der Waals surface area contributed by atoms with Crippen molar-refractivity contribution in [2.75, 3.05) is 19.8 Å². The lowest BCUT2D eigenvalue weighted by Gasteiger charge is -2.47. The zero-order valence-corrected chi connectivity index (χ0v) is 24.1. The van der Waals surface area contributed by atoms with Gasteiger partial charge in [0.1, 0.15) is 11.2 Å². The molecule has 1 spiro atoms. The molecule has 44 heavy (non-hydrogen) atoms. The summed E-state index contributed by atoms with van der Waals surface area (Å²) in [7, 11) is 0. The molecule has 2 aromatic heterocycles. The molecule has 1 fully saturated rings. The minimum atomic E-state index is -4.80. The maximum absolute atomic E-state index is 13.6. The van der Waals surface area contributed by atoms with E-state index < -0.39 is 54.0 Å². The third kappa shape index (κ3) is 6.69. The number of hydrogen-bond donors (Lipinski definition) is 0. The fraction of sp³-hybridized carbons (Fsp3) is 0.433. The fourth-order valence-electron chi connectivity index (χ4n) is 5.51. The van der Waals surface area contributed by atoms with Gasteiger partial charge in [0.15, 0.2) is 6.61 Å². The first kappa shape index (κ1) is 31.4. The molecule has 0 aliphatic carbocycles. The van der Waals surface area contributed by atoms with E-state index in [0.29, 0.717) is 25.0 Å². The molecule has 1 aromatic carbocycles. The number of hydrogen-bond acceptors (Lipinski definition) is 6. The van der Waals surface area contributed by atoms with Crippen molar-refractivity contribution in [1.29, 1.82) is 0 Å². The van der Waals surface area contributed by atoms with Crippen molar-refractivity contribution in [3.05, 3.63) is 78.0 Å². The predicted molar refractivity (Wildman–Crippen MR) is 146 cm³/mol. The summed E-state index contributed by atoms with van der Waals surface area (Å²) in [6.45, 7) is 3.82. The molecule has 2 aliphatic heterocycles. The summed E-state index contributed by atoms with van der Waals surface area (Å²) in [5.74, 6) is -1.66. The predicted octanol–water partition coefficient (Wildman–Crippen LogP) is 7.15. The Morgan fingerprint density at radius 1 is 1.09 bits per heavy atom. The monoisotopic (exact) mass is 624 g/mol. The van der Waals surface area contributed by atoms with Gasteiger partial charge in [0, 0.05) is 24.5 Å². The third-order valence-electron chi connectivity index (χ3n) is 7.13. The minimum absolute atomic E-state index is 0.0200. The Kier molecular flexibility index (Phi) is 8.16. The van der Waals surface area contributed by atoms with E-state index in [0.717, 1.165) is 28.7 Å². The lowest BCUT2D eigenvalue weighted by atomic mass is 9.80. The Labute approximate surface area is 249 Å². The number of nitrogens with zero attached hydrogens (tertiary/aromatic N) is 4. The van der Waals surface area contributed by atoms with Crippen LogP contribution in [-0.2, 0) is 15.7 Å². The van der Waals surface area contributed by atoms with Crippen LogP contribution in [0.15, 0.2) is 61.1 Å². The topological polar surface area (TPSA) is 78.7 Å². The van der Waals surface area contributed by atoms with Crippen molar-refractivity contribution in [3.63, 3.8) is 0 Å². The average Bonchev–Trinajstić information content (AvgIpc) is 3.59. The highest BCUT2D eigenvalue weighted by Gasteiger charge is 2.50. The number of alkyl halides is 6. The summed E-state index contributed by atoms with van der Waals surface area (Å²) in [5.41, 5.74) is -0.896. The Morgan fingerprint density at radius 2 is 1.82 bits per heavy atom. The third-order valence-corrected chi connectivity index (χ3v) is 7.13. The van der Waals surface area contributed by atoms with Crippen molar-refractivity contribution < 1.29 is 45.3 Å². The molecule has 236 valence electrons. The van der Waals surface area contributed by atoms with Crippen molar-refractivity contribution in [2.24, 2.45) is 0 Å². The van der Waals surface area contributed by atoms with Crippen LogP contribution in [0.3, 0.4) is 0 Å². The maximum atomic E-state index is 13.6. The molecule has 4 heterocycles. The molecule has 14 heteroatoms. The van der Waals surface area contributed by atoms with E-state index in [1.54, 1.807) is 31.7 Å². The molecule has 1 saturated heterocycles. The number of piperidine rings is 1. The van der Waals surface area contributed by atoms with E-state index in [1.807, 2.05) is 30.3 Å². The first-order valence-electron chi connectivity index (χ1n) is 13.8. The van der Waals surface area contributed by atoms with Crippen LogP contribution in [0.25, 0.3) is 11.3 Å². The number of amides is 1. The molecule has 5 rings (SSSR count). The van der Waals surface area contributed by atoms with Gasteiger partial charge in [-0.15, -0.1) is 0 Å². The van der Waals surface area contributed by atoms with Crippen molar-refractivity contribution in [3.8, 4) is 11.6 Å². The van der Waals surface area contributed by atoms with E-state index in [1.165, 1.54) is 6.07 Å². The molecular formula is C30H30F6N4O4. The van der Waals surface area contributed by atoms with Crippen LogP contribution >= 0.6 is 0 Å². The van der Waals surface area contributed by atoms with Gasteiger partial charge in [-0.25, -0.2) is 14.8 Å². The highest BCUT2D eigenvalue weighted by molar-refractivity contribution is 5.75. The van der Waals surface area contributed by atoms with Crippen LogP contribution in [-0.4, -0.2) is 62.7 Å². The summed E-state index contributed by atoms with van der Waals surface area (Å²) >= 11 is 0. The van der Waals surface area contributed by atoms with Crippen LogP contribution in [0.4, 0.5) is 31.1 Å². The molecule has 2 aliphatic rings. The molecule has 0 radical (unpaired) electrons. The van der Waals surface area contributed by atoms with E-state index in [4.69, 9.17) is 14.2 Å². The largest absolute Gasteiger partial charge is 0.468 e. The molecule has 0 unspecified atom stereocenters. The van der Waals surface area contributed by atoms with Crippen LogP contribution < -0.4 is 4.74 Å². The average molecular weight is 625 g/mol. The molecule has 3 aromatic rings. The van der Waals surface area contributed by atoms with Crippen molar-refractivity contribution in [2.45, 2.75) is 63.2 Å². The van der Waals surface area contributed by atoms with Crippen LogP contribution in [0, 0.1) is 0 Å². The highest BCUT2D eigenvalue weighted by Crippen LogP contribution is 2.49. The molecule has 8 nitrogen and oxygen atoms in total. The standard InChI is InChI=1S/C30H30F6N4O4/c1-27(2,3)44-26(41)40-12-7-10-28(23(40)19-8-5-4-6-9-19)15-20(17-43-28)22-14-21(16-38-24(22)42-18-29(31,32)33)39-13-11-37-25(39)30(34,35)36/h4-6,8-9,11,13-16,23H,7,10,12,17-18H2,1-3H3/t23-,28+/m0/s1. The van der Waals surface area contributed by atoms with E-state index in [9.17, 15) is 31.1 Å². The lowest BCUT2D eigenvalue weighted by Crippen LogP contribution is -2.53. The Balaban J connectivity index is 1.61. The number of pyridine rings is 1. The first-order chi connectivity index (χ1) is 20.6. The van der Waals surface area contributed by atoms with Gasteiger partial charge in [-0.3, -0.25) is 9.47 Å². The molecule has 0 N–H and O–H groups in total. The number of ether oxygens (including phenoxy) is 3. The van der Waals surface area contributed by atoms with Gasteiger partial charge in [0.25, 0.3) is 0 Å².